The Bertz CT molecular complexity index is 741. The molecule has 0 bridgehead atoms. The van der Waals surface area contributed by atoms with E-state index in [4.69, 9.17) is 0 Å². The van der Waals surface area contributed by atoms with Gasteiger partial charge in [-0.15, -0.1) is 24.0 Å². The Balaban J connectivity index is 0.00000300. The van der Waals surface area contributed by atoms with Gasteiger partial charge in [-0.25, -0.2) is 9.37 Å². The van der Waals surface area contributed by atoms with E-state index < -0.39 is 0 Å². The van der Waals surface area contributed by atoms with Crippen molar-refractivity contribution in [3.8, 4) is 0 Å². The Morgan fingerprint density at radius 3 is 2.31 bits per heavy atom. The third-order valence-electron chi connectivity index (χ3n) is 5.04. The number of guanidine groups is 1. The molecular weight excluding hydrogens is 480 g/mol. The van der Waals surface area contributed by atoms with E-state index in [1.807, 2.05) is 18.3 Å². The lowest BCUT2D eigenvalue weighted by molar-refractivity contribution is 0.626. The number of aromatic nitrogens is 1. The second-order valence-corrected chi connectivity index (χ2v) is 7.15. The maximum Gasteiger partial charge on any atom is 0.191 e. The molecule has 0 radical (unpaired) electrons. The highest BCUT2D eigenvalue weighted by Gasteiger charge is 2.10. The molecular formula is C22H31FIN5. The van der Waals surface area contributed by atoms with E-state index in [0.717, 1.165) is 49.0 Å². The van der Waals surface area contributed by atoms with Crippen LogP contribution in [0.1, 0.15) is 36.8 Å². The van der Waals surface area contributed by atoms with Crippen LogP contribution in [0.4, 0.5) is 10.2 Å². The van der Waals surface area contributed by atoms with Gasteiger partial charge in [-0.3, -0.25) is 4.99 Å². The summed E-state index contributed by atoms with van der Waals surface area (Å²) in [6.07, 6.45) is 7.92. The van der Waals surface area contributed by atoms with Gasteiger partial charge in [-0.2, -0.15) is 0 Å². The molecule has 0 unspecified atom stereocenters. The van der Waals surface area contributed by atoms with Gasteiger partial charge >= 0.3 is 0 Å². The van der Waals surface area contributed by atoms with Crippen LogP contribution in [0, 0.1) is 5.82 Å². The minimum atomic E-state index is -0.204. The van der Waals surface area contributed by atoms with Crippen LogP contribution >= 0.6 is 24.0 Å². The summed E-state index contributed by atoms with van der Waals surface area (Å²) in [6, 6.07) is 10.9. The third kappa shape index (κ3) is 7.79. The van der Waals surface area contributed by atoms with Crippen molar-refractivity contribution in [3.05, 3.63) is 59.5 Å². The average Bonchev–Trinajstić information content (AvgIpc) is 3.02. The van der Waals surface area contributed by atoms with Gasteiger partial charge in [0.2, 0.25) is 0 Å². The van der Waals surface area contributed by atoms with Crippen molar-refractivity contribution in [2.24, 2.45) is 4.99 Å². The zero-order valence-corrected chi connectivity index (χ0v) is 19.4. The molecule has 2 N–H and O–H groups in total. The minimum absolute atomic E-state index is 0. The normalized spacial score (nSPS) is 14.7. The van der Waals surface area contributed by atoms with Gasteiger partial charge in [0, 0.05) is 39.4 Å². The van der Waals surface area contributed by atoms with Crippen LogP contribution in [0.2, 0.25) is 0 Å². The third-order valence-corrected chi connectivity index (χ3v) is 5.04. The Morgan fingerprint density at radius 1 is 1.00 bits per heavy atom. The van der Waals surface area contributed by atoms with E-state index in [1.165, 1.54) is 37.8 Å². The number of hydrogen-bond acceptors (Lipinski definition) is 3. The van der Waals surface area contributed by atoms with E-state index in [9.17, 15) is 4.39 Å². The molecule has 1 aliphatic heterocycles. The molecule has 0 atom stereocenters. The van der Waals surface area contributed by atoms with Gasteiger partial charge in [0.25, 0.3) is 0 Å². The molecule has 7 heteroatoms. The van der Waals surface area contributed by atoms with Crippen LogP contribution in [0.15, 0.2) is 47.6 Å². The van der Waals surface area contributed by atoms with Crippen molar-refractivity contribution >= 4 is 35.8 Å². The second-order valence-electron chi connectivity index (χ2n) is 7.15. The van der Waals surface area contributed by atoms with Crippen molar-refractivity contribution in [2.75, 3.05) is 31.6 Å². The van der Waals surface area contributed by atoms with Crippen LogP contribution in [0.3, 0.4) is 0 Å². The van der Waals surface area contributed by atoms with Crippen molar-refractivity contribution < 1.29 is 4.39 Å². The quantitative estimate of drug-likeness (QED) is 0.348. The summed E-state index contributed by atoms with van der Waals surface area (Å²) in [7, 11) is 1.76. The average molecular weight is 511 g/mol. The van der Waals surface area contributed by atoms with Gasteiger partial charge in [0.05, 0.1) is 0 Å². The van der Waals surface area contributed by atoms with Crippen molar-refractivity contribution in [2.45, 2.75) is 38.6 Å². The topological polar surface area (TPSA) is 52.6 Å². The van der Waals surface area contributed by atoms with E-state index >= 15 is 0 Å². The van der Waals surface area contributed by atoms with Crippen LogP contribution < -0.4 is 15.5 Å². The maximum atomic E-state index is 12.9. The number of nitrogens with zero attached hydrogens (tertiary/aromatic N) is 3. The standard InChI is InChI=1S/C22H30FN5.HI/c1-24-22(25-13-12-18-6-9-20(23)10-7-18)27-17-19-8-11-21(26-16-19)28-14-4-2-3-5-15-28;/h6-11,16H,2-5,12-15,17H2,1H3,(H2,24,25,27);1H. The van der Waals surface area contributed by atoms with Gasteiger partial charge in [0.1, 0.15) is 11.6 Å². The van der Waals surface area contributed by atoms with Gasteiger partial charge in [-0.1, -0.05) is 31.0 Å². The number of anilines is 1. The Kier molecular flexibility index (Phi) is 10.2. The highest BCUT2D eigenvalue weighted by atomic mass is 127. The molecule has 29 heavy (non-hydrogen) atoms. The minimum Gasteiger partial charge on any atom is -0.357 e. The molecule has 1 fully saturated rings. The van der Waals surface area contributed by atoms with E-state index in [-0.39, 0.29) is 29.8 Å². The van der Waals surface area contributed by atoms with E-state index in [2.05, 4.69) is 37.6 Å². The van der Waals surface area contributed by atoms with Crippen molar-refractivity contribution in [1.82, 2.24) is 15.6 Å². The number of aliphatic imine (C=N–C) groups is 1. The molecule has 5 nitrogen and oxygen atoms in total. The highest BCUT2D eigenvalue weighted by Crippen LogP contribution is 2.17. The van der Waals surface area contributed by atoms with E-state index in [0.29, 0.717) is 6.54 Å². The second kappa shape index (κ2) is 12.6. The predicted octanol–water partition coefficient (Wildman–Crippen LogP) is 4.13. The molecule has 1 saturated heterocycles. The lowest BCUT2D eigenvalue weighted by Gasteiger charge is -2.21. The molecule has 3 rings (SSSR count). The Labute approximate surface area is 190 Å². The number of halogens is 2. The van der Waals surface area contributed by atoms with Gasteiger partial charge < -0.3 is 15.5 Å². The molecule has 0 saturated carbocycles. The predicted molar refractivity (Wildman–Crippen MR) is 129 cm³/mol. The molecule has 1 aliphatic rings. The summed E-state index contributed by atoms with van der Waals surface area (Å²) in [5.74, 6) is 1.62. The fourth-order valence-corrected chi connectivity index (χ4v) is 3.39. The molecule has 0 spiro atoms. The summed E-state index contributed by atoms with van der Waals surface area (Å²) < 4.78 is 12.9. The van der Waals surface area contributed by atoms with Crippen LogP contribution in [0.25, 0.3) is 0 Å². The van der Waals surface area contributed by atoms with E-state index in [1.54, 1.807) is 7.05 Å². The summed E-state index contributed by atoms with van der Waals surface area (Å²) >= 11 is 0. The summed E-state index contributed by atoms with van der Waals surface area (Å²) in [5, 5.41) is 6.60. The molecule has 0 aliphatic carbocycles. The fraction of sp³-hybridized carbons (Fsp3) is 0.455. The summed E-state index contributed by atoms with van der Waals surface area (Å²) in [4.78, 5) is 11.3. The number of rotatable bonds is 6. The maximum absolute atomic E-state index is 12.9. The first-order valence-electron chi connectivity index (χ1n) is 10.1. The zero-order chi connectivity index (χ0) is 19.6. The van der Waals surface area contributed by atoms with Gasteiger partial charge in [-0.05, 0) is 48.6 Å². The first kappa shape index (κ1) is 23.4. The highest BCUT2D eigenvalue weighted by molar-refractivity contribution is 14.0. The molecule has 1 aromatic carbocycles. The van der Waals surface area contributed by atoms with Gasteiger partial charge in [0.15, 0.2) is 5.96 Å². The number of benzene rings is 1. The lowest BCUT2D eigenvalue weighted by atomic mass is 10.1. The van der Waals surface area contributed by atoms with Crippen molar-refractivity contribution in [1.29, 1.82) is 0 Å². The largest absolute Gasteiger partial charge is 0.357 e. The first-order valence-corrected chi connectivity index (χ1v) is 10.1. The monoisotopic (exact) mass is 511 g/mol. The fourth-order valence-electron chi connectivity index (χ4n) is 3.39. The molecule has 2 heterocycles. The van der Waals surface area contributed by atoms with Crippen LogP contribution in [-0.4, -0.2) is 37.6 Å². The summed E-state index contributed by atoms with van der Waals surface area (Å²) in [5.41, 5.74) is 2.22. The molecule has 1 aromatic heterocycles. The van der Waals surface area contributed by atoms with Crippen LogP contribution in [0.5, 0.6) is 0 Å². The lowest BCUT2D eigenvalue weighted by Crippen LogP contribution is -2.37. The number of hydrogen-bond donors (Lipinski definition) is 2. The SMILES string of the molecule is CN=C(NCCc1ccc(F)cc1)NCc1ccc(N2CCCCCC2)nc1.I. The van der Waals surface area contributed by atoms with Crippen LogP contribution in [-0.2, 0) is 13.0 Å². The summed E-state index contributed by atoms with van der Waals surface area (Å²) in [6.45, 7) is 3.62. The molecule has 0 amide bonds. The van der Waals surface area contributed by atoms with Crippen molar-refractivity contribution in [3.63, 3.8) is 0 Å². The Hall–Kier alpha value is -1.90. The molecule has 2 aromatic rings. The Morgan fingerprint density at radius 2 is 1.69 bits per heavy atom. The smallest absolute Gasteiger partial charge is 0.191 e. The first-order chi connectivity index (χ1) is 13.7. The molecule has 158 valence electrons. The zero-order valence-electron chi connectivity index (χ0n) is 17.0. The number of nitrogens with one attached hydrogen (secondary N) is 2. The number of pyridine rings is 1.